The van der Waals surface area contributed by atoms with Crippen LogP contribution in [0.3, 0.4) is 0 Å². The van der Waals surface area contributed by atoms with E-state index >= 15 is 0 Å². The highest BCUT2D eigenvalue weighted by atomic mass is 16.7. The monoisotopic (exact) mass is 787 g/mol. The van der Waals surface area contributed by atoms with Crippen molar-refractivity contribution >= 4 is 17.9 Å². The summed E-state index contributed by atoms with van der Waals surface area (Å²) in [6, 6.07) is 14.4. The predicted molar refractivity (Wildman–Crippen MR) is 219 cm³/mol. The summed E-state index contributed by atoms with van der Waals surface area (Å²) in [5, 5.41) is 27.2. The molecule has 1 saturated carbocycles. The molecule has 57 heavy (non-hydrogen) atoms. The molecular formula is C45H61N3O9. The van der Waals surface area contributed by atoms with E-state index in [1.807, 2.05) is 56.3 Å². The van der Waals surface area contributed by atoms with Crippen LogP contribution in [0.25, 0.3) is 0 Å². The molecule has 310 valence electrons. The van der Waals surface area contributed by atoms with Gasteiger partial charge in [-0.2, -0.15) is 0 Å². The van der Waals surface area contributed by atoms with Gasteiger partial charge in [0.1, 0.15) is 24.1 Å². The van der Waals surface area contributed by atoms with E-state index in [1.165, 1.54) is 0 Å². The molecule has 0 bridgehead atoms. The lowest BCUT2D eigenvalue weighted by molar-refractivity contribution is -0.255. The smallest absolute Gasteiger partial charge is 0.412 e. The van der Waals surface area contributed by atoms with E-state index in [0.29, 0.717) is 62.6 Å². The Labute approximate surface area is 337 Å². The maximum Gasteiger partial charge on any atom is 0.412 e. The Morgan fingerprint density at radius 2 is 1.81 bits per heavy atom. The largest absolute Gasteiger partial charge is 0.459 e. The van der Waals surface area contributed by atoms with Crippen LogP contribution in [0.1, 0.15) is 88.7 Å². The molecule has 2 amide bonds. The molecule has 6 unspecified atom stereocenters. The van der Waals surface area contributed by atoms with Crippen LogP contribution in [0.15, 0.2) is 90.6 Å². The van der Waals surface area contributed by atoms with Crippen LogP contribution in [0, 0.1) is 17.8 Å². The molecule has 0 spiro atoms. The zero-order chi connectivity index (χ0) is 40.6. The van der Waals surface area contributed by atoms with E-state index in [9.17, 15) is 19.8 Å². The lowest BCUT2D eigenvalue weighted by Gasteiger charge is -2.59. The lowest BCUT2D eigenvalue weighted by atomic mass is 9.55. The number of carbonyl (C=O) groups is 2. The minimum Gasteiger partial charge on any atom is -0.459 e. The average molecular weight is 788 g/mol. The number of ether oxygens (including phenoxy) is 4. The second-order valence-electron chi connectivity index (χ2n) is 14.8. The van der Waals surface area contributed by atoms with E-state index in [2.05, 4.69) is 24.6 Å². The molecule has 6 atom stereocenters. The summed E-state index contributed by atoms with van der Waals surface area (Å²) in [4.78, 5) is 34.8. The van der Waals surface area contributed by atoms with Gasteiger partial charge in [-0.05, 0) is 86.6 Å². The van der Waals surface area contributed by atoms with Gasteiger partial charge in [0.2, 0.25) is 5.79 Å². The molecule has 5 rings (SSSR count). The third-order valence-corrected chi connectivity index (χ3v) is 11.1. The molecule has 12 heteroatoms. The van der Waals surface area contributed by atoms with Gasteiger partial charge in [0.25, 0.3) is 0 Å². The van der Waals surface area contributed by atoms with Crippen molar-refractivity contribution in [2.75, 3.05) is 39.6 Å². The Morgan fingerprint density at radius 1 is 1.04 bits per heavy atom. The fraction of sp³-hybridized carbons (Fsp3) is 0.533. The maximum absolute atomic E-state index is 14.1. The highest BCUT2D eigenvalue weighted by Gasteiger charge is 2.65. The van der Waals surface area contributed by atoms with E-state index in [1.54, 1.807) is 23.1 Å². The lowest BCUT2D eigenvalue weighted by Crippen LogP contribution is -2.70. The van der Waals surface area contributed by atoms with Crippen LogP contribution in [0.4, 0.5) is 9.59 Å². The number of carbonyl (C=O) groups excluding carboxylic acids is 2. The SMILES string of the molecule is C=CCCOC(=O)N(CCC)C1CC(=NOCC)C2=CC(CCCCO)C(CCCCO)C3c4cc(OC(=O)NCc5ccccc5)ccc4OC1(OCC=C)C23. The van der Waals surface area contributed by atoms with Crippen molar-refractivity contribution in [2.45, 2.75) is 95.9 Å². The van der Waals surface area contributed by atoms with Gasteiger partial charge in [0.15, 0.2) is 0 Å². The number of fused-ring (bicyclic) bond motifs is 2. The summed E-state index contributed by atoms with van der Waals surface area (Å²) in [6.45, 7) is 13.2. The highest BCUT2D eigenvalue weighted by Crippen LogP contribution is 2.62. The fourth-order valence-corrected chi connectivity index (χ4v) is 8.70. The zero-order valence-corrected chi connectivity index (χ0v) is 33.6. The summed E-state index contributed by atoms with van der Waals surface area (Å²) in [5.74, 6) is -1.15. The number of hydrogen-bond acceptors (Lipinski definition) is 10. The third-order valence-electron chi connectivity index (χ3n) is 11.1. The number of aliphatic hydroxyl groups is 2. The Balaban J connectivity index is 1.69. The van der Waals surface area contributed by atoms with Gasteiger partial charge in [0.05, 0.1) is 24.8 Å². The van der Waals surface area contributed by atoms with Crippen molar-refractivity contribution in [1.82, 2.24) is 10.2 Å². The number of nitrogens with one attached hydrogen (secondary N) is 1. The molecule has 1 heterocycles. The Hall–Kier alpha value is -4.65. The summed E-state index contributed by atoms with van der Waals surface area (Å²) in [5.41, 5.74) is 3.43. The molecule has 1 aliphatic heterocycles. The van der Waals surface area contributed by atoms with E-state index in [4.69, 9.17) is 28.9 Å². The number of aliphatic hydroxyl groups excluding tert-OH is 2. The van der Waals surface area contributed by atoms with E-state index in [0.717, 1.165) is 42.4 Å². The fourth-order valence-electron chi connectivity index (χ4n) is 8.70. The number of benzene rings is 2. The number of amides is 2. The Morgan fingerprint density at radius 3 is 2.51 bits per heavy atom. The number of oxime groups is 1. The molecule has 2 aromatic rings. The number of nitrogens with zero attached hydrogens (tertiary/aromatic N) is 2. The van der Waals surface area contributed by atoms with Gasteiger partial charge in [0, 0.05) is 44.2 Å². The standard InChI is InChI=1S/C45H61N3O9/c1-5-9-27-53-44(52)48(23-6-2)40-30-38(47-55-8-4)36-28-33(19-13-15-24-49)35(20-14-16-25-50)41-37-29-34(56-43(51)46-31-32-17-11-10-12-18-32)21-22-39(37)57-45(40,42(36)41)54-26-7-3/h5,7,10-12,17-18,21-22,28-29,33,35,40-42,49-50H,1,3,6,8-9,13-16,19-20,23-27,30-31H2,2,4H3,(H,46,51). The van der Waals surface area contributed by atoms with Gasteiger partial charge in [-0.25, -0.2) is 9.59 Å². The summed E-state index contributed by atoms with van der Waals surface area (Å²) >= 11 is 0. The van der Waals surface area contributed by atoms with Crippen LogP contribution >= 0.6 is 0 Å². The van der Waals surface area contributed by atoms with Gasteiger partial charge >= 0.3 is 12.2 Å². The highest BCUT2D eigenvalue weighted by molar-refractivity contribution is 6.03. The van der Waals surface area contributed by atoms with E-state index < -0.39 is 29.9 Å². The Bertz CT molecular complexity index is 1700. The molecule has 0 radical (unpaired) electrons. The minimum atomic E-state index is -1.41. The van der Waals surface area contributed by atoms with Crippen LogP contribution in [0.2, 0.25) is 0 Å². The summed E-state index contributed by atoms with van der Waals surface area (Å²) < 4.78 is 25.9. The molecule has 12 nitrogen and oxygen atoms in total. The van der Waals surface area contributed by atoms with Gasteiger partial charge in [-0.15, -0.1) is 13.2 Å². The Kier molecular flexibility index (Phi) is 16.6. The number of rotatable bonds is 22. The third kappa shape index (κ3) is 10.5. The van der Waals surface area contributed by atoms with Crippen LogP contribution < -0.4 is 14.8 Å². The maximum atomic E-state index is 14.1. The minimum absolute atomic E-state index is 0.0202. The average Bonchev–Trinajstić information content (AvgIpc) is 3.22. The van der Waals surface area contributed by atoms with Gasteiger partial charge < -0.3 is 39.3 Å². The molecular weight excluding hydrogens is 727 g/mol. The van der Waals surface area contributed by atoms with Crippen molar-refractivity contribution in [3.05, 3.63) is 96.6 Å². The first kappa shape index (κ1) is 43.5. The van der Waals surface area contributed by atoms with Crippen molar-refractivity contribution in [2.24, 2.45) is 22.9 Å². The number of hydrogen-bond donors (Lipinski definition) is 3. The van der Waals surface area contributed by atoms with Crippen molar-refractivity contribution in [1.29, 1.82) is 0 Å². The normalized spacial score (nSPS) is 23.9. The first-order valence-corrected chi connectivity index (χ1v) is 20.6. The topological polar surface area (TPSA) is 148 Å². The molecule has 2 aliphatic carbocycles. The van der Waals surface area contributed by atoms with Crippen LogP contribution in [-0.2, 0) is 20.9 Å². The van der Waals surface area contributed by atoms with Crippen molar-refractivity contribution in [3.8, 4) is 11.5 Å². The molecule has 2 aromatic carbocycles. The molecule has 0 aromatic heterocycles. The zero-order valence-electron chi connectivity index (χ0n) is 33.6. The molecule has 3 N–H and O–H groups in total. The molecule has 1 fully saturated rings. The predicted octanol–water partition coefficient (Wildman–Crippen LogP) is 8.05. The molecule has 0 saturated heterocycles. The van der Waals surface area contributed by atoms with Gasteiger partial charge in [-0.1, -0.05) is 73.5 Å². The number of allylic oxidation sites excluding steroid dienone is 1. The number of unbranched alkanes of at least 4 members (excludes halogenated alkanes) is 2. The summed E-state index contributed by atoms with van der Waals surface area (Å²) in [7, 11) is 0. The van der Waals surface area contributed by atoms with Crippen molar-refractivity contribution in [3.63, 3.8) is 0 Å². The quantitative estimate of drug-likeness (QED) is 0.0613. The first-order valence-electron chi connectivity index (χ1n) is 20.6. The second-order valence-corrected chi connectivity index (χ2v) is 14.8. The summed E-state index contributed by atoms with van der Waals surface area (Å²) in [6.07, 6.45) is 10.5. The van der Waals surface area contributed by atoms with Crippen LogP contribution in [-0.4, -0.2) is 84.4 Å². The van der Waals surface area contributed by atoms with Crippen LogP contribution in [0.5, 0.6) is 11.5 Å². The first-order chi connectivity index (χ1) is 27.8. The second kappa shape index (κ2) is 21.8. The van der Waals surface area contributed by atoms with Gasteiger partial charge in [-0.3, -0.25) is 4.90 Å². The van der Waals surface area contributed by atoms with Crippen molar-refractivity contribution < 1.29 is 43.6 Å². The molecule has 3 aliphatic rings. The van der Waals surface area contributed by atoms with E-state index in [-0.39, 0.29) is 50.6 Å².